The molecule has 3 rings (SSSR count). The van der Waals surface area contributed by atoms with E-state index in [1.54, 1.807) is 11.0 Å². The van der Waals surface area contributed by atoms with Gasteiger partial charge in [-0.2, -0.15) is 0 Å². The highest BCUT2D eigenvalue weighted by Crippen LogP contribution is 2.26. The highest BCUT2D eigenvalue weighted by Gasteiger charge is 2.28. The molecule has 24 heavy (non-hydrogen) atoms. The van der Waals surface area contributed by atoms with Crippen LogP contribution in [-0.4, -0.2) is 49.1 Å². The third-order valence-electron chi connectivity index (χ3n) is 4.88. The first kappa shape index (κ1) is 16.9. The number of morpholine rings is 1. The normalized spacial score (nSPS) is 24.0. The fourth-order valence-electron chi connectivity index (χ4n) is 3.33. The molecule has 0 spiro atoms. The SMILES string of the molecule is Cc1ccc(C(=O)N2CCOCC2)cc1NC(=O)C1CCC(N)C1. The van der Waals surface area contributed by atoms with Gasteiger partial charge in [0.05, 0.1) is 13.2 Å². The topological polar surface area (TPSA) is 84.7 Å². The number of ether oxygens (including phenoxy) is 1. The molecule has 2 fully saturated rings. The Morgan fingerprint density at radius 2 is 2.00 bits per heavy atom. The molecule has 0 bridgehead atoms. The molecule has 1 aliphatic carbocycles. The van der Waals surface area contributed by atoms with E-state index in [4.69, 9.17) is 10.5 Å². The van der Waals surface area contributed by atoms with Crippen molar-refractivity contribution >= 4 is 17.5 Å². The van der Waals surface area contributed by atoms with Crippen LogP contribution in [0.3, 0.4) is 0 Å². The first-order valence-corrected chi connectivity index (χ1v) is 8.58. The quantitative estimate of drug-likeness (QED) is 0.880. The van der Waals surface area contributed by atoms with Crippen LogP contribution < -0.4 is 11.1 Å². The van der Waals surface area contributed by atoms with Gasteiger partial charge in [-0.25, -0.2) is 0 Å². The summed E-state index contributed by atoms with van der Waals surface area (Å²) in [7, 11) is 0. The molecule has 1 saturated carbocycles. The molecule has 1 aliphatic heterocycles. The Kier molecular flexibility index (Phi) is 5.16. The molecule has 0 aromatic heterocycles. The summed E-state index contributed by atoms with van der Waals surface area (Å²) < 4.78 is 5.29. The molecule has 1 heterocycles. The zero-order valence-corrected chi connectivity index (χ0v) is 14.1. The van der Waals surface area contributed by atoms with E-state index in [1.807, 2.05) is 19.1 Å². The molecular weight excluding hydrogens is 306 g/mol. The summed E-state index contributed by atoms with van der Waals surface area (Å²) >= 11 is 0. The largest absolute Gasteiger partial charge is 0.378 e. The number of anilines is 1. The molecule has 1 saturated heterocycles. The monoisotopic (exact) mass is 331 g/mol. The molecule has 2 atom stereocenters. The molecule has 2 aliphatic rings. The molecule has 6 nitrogen and oxygen atoms in total. The second kappa shape index (κ2) is 7.32. The maximum Gasteiger partial charge on any atom is 0.254 e. The van der Waals surface area contributed by atoms with Crippen molar-refractivity contribution in [3.63, 3.8) is 0 Å². The third-order valence-corrected chi connectivity index (χ3v) is 4.88. The maximum atomic E-state index is 12.6. The lowest BCUT2D eigenvalue weighted by Gasteiger charge is -2.27. The molecule has 2 amide bonds. The van der Waals surface area contributed by atoms with Gasteiger partial charge in [-0.15, -0.1) is 0 Å². The Morgan fingerprint density at radius 3 is 2.67 bits per heavy atom. The number of nitrogens with one attached hydrogen (secondary N) is 1. The highest BCUT2D eigenvalue weighted by molar-refractivity contribution is 5.98. The first-order valence-electron chi connectivity index (χ1n) is 8.58. The van der Waals surface area contributed by atoms with E-state index >= 15 is 0 Å². The number of carbonyl (C=O) groups is 2. The van der Waals surface area contributed by atoms with Crippen molar-refractivity contribution < 1.29 is 14.3 Å². The fraction of sp³-hybridized carbons (Fsp3) is 0.556. The minimum atomic E-state index is -0.0296. The minimum absolute atomic E-state index is 0.00187. The van der Waals surface area contributed by atoms with Crippen molar-refractivity contribution in [1.82, 2.24) is 4.90 Å². The van der Waals surface area contributed by atoms with E-state index in [-0.39, 0.29) is 23.8 Å². The standard InChI is InChI=1S/C18H25N3O3/c1-12-2-3-14(18(23)21-6-8-24-9-7-21)11-16(12)20-17(22)13-4-5-15(19)10-13/h2-3,11,13,15H,4-10,19H2,1H3,(H,20,22). The van der Waals surface area contributed by atoms with Gasteiger partial charge in [-0.1, -0.05) is 6.07 Å². The van der Waals surface area contributed by atoms with Crippen LogP contribution in [0.2, 0.25) is 0 Å². The number of rotatable bonds is 3. The lowest BCUT2D eigenvalue weighted by Crippen LogP contribution is -2.40. The predicted octanol–water partition coefficient (Wildman–Crippen LogP) is 1.53. The Labute approximate surface area is 142 Å². The van der Waals surface area contributed by atoms with E-state index in [2.05, 4.69) is 5.32 Å². The van der Waals surface area contributed by atoms with E-state index in [0.29, 0.717) is 37.6 Å². The summed E-state index contributed by atoms with van der Waals surface area (Å²) in [5.41, 5.74) is 8.15. The Morgan fingerprint density at radius 1 is 1.25 bits per heavy atom. The Bertz CT molecular complexity index is 626. The highest BCUT2D eigenvalue weighted by atomic mass is 16.5. The van der Waals surface area contributed by atoms with Crippen molar-refractivity contribution in [2.24, 2.45) is 11.7 Å². The maximum absolute atomic E-state index is 12.6. The number of aryl methyl sites for hydroxylation is 1. The molecule has 1 aromatic rings. The predicted molar refractivity (Wildman–Crippen MR) is 91.8 cm³/mol. The Balaban J connectivity index is 1.71. The minimum Gasteiger partial charge on any atom is -0.378 e. The number of hydrogen-bond donors (Lipinski definition) is 2. The van der Waals surface area contributed by atoms with E-state index in [1.165, 1.54) is 0 Å². The molecule has 130 valence electrons. The van der Waals surface area contributed by atoms with Crippen molar-refractivity contribution in [3.8, 4) is 0 Å². The number of nitrogens with two attached hydrogens (primary N) is 1. The number of amides is 2. The van der Waals surface area contributed by atoms with Crippen LogP contribution in [0.15, 0.2) is 18.2 Å². The smallest absolute Gasteiger partial charge is 0.254 e. The number of benzene rings is 1. The summed E-state index contributed by atoms with van der Waals surface area (Å²) in [5, 5.41) is 2.98. The van der Waals surface area contributed by atoms with E-state index in [9.17, 15) is 9.59 Å². The van der Waals surface area contributed by atoms with Gasteiger partial charge >= 0.3 is 0 Å². The van der Waals surface area contributed by atoms with Crippen LogP contribution in [0.1, 0.15) is 35.2 Å². The van der Waals surface area contributed by atoms with E-state index < -0.39 is 0 Å². The van der Waals surface area contributed by atoms with Crippen LogP contribution in [0.25, 0.3) is 0 Å². The average molecular weight is 331 g/mol. The summed E-state index contributed by atoms with van der Waals surface area (Å²) in [6.07, 6.45) is 2.46. The van der Waals surface area contributed by atoms with E-state index in [0.717, 1.165) is 24.8 Å². The van der Waals surface area contributed by atoms with Crippen molar-refractivity contribution in [2.45, 2.75) is 32.2 Å². The molecule has 3 N–H and O–H groups in total. The van der Waals surface area contributed by atoms with Crippen LogP contribution >= 0.6 is 0 Å². The first-order chi connectivity index (χ1) is 11.5. The van der Waals surface area contributed by atoms with Gasteiger partial charge in [0.1, 0.15) is 0 Å². The number of nitrogens with zero attached hydrogens (tertiary/aromatic N) is 1. The van der Waals surface area contributed by atoms with Crippen molar-refractivity contribution in [2.75, 3.05) is 31.6 Å². The van der Waals surface area contributed by atoms with Gasteiger partial charge in [0.2, 0.25) is 5.91 Å². The second-order valence-corrected chi connectivity index (χ2v) is 6.69. The lowest BCUT2D eigenvalue weighted by atomic mass is 10.1. The molecular formula is C18H25N3O3. The third kappa shape index (κ3) is 3.76. The van der Waals surface area contributed by atoms with Gasteiger partial charge in [-0.3, -0.25) is 9.59 Å². The average Bonchev–Trinajstić information content (AvgIpc) is 3.03. The summed E-state index contributed by atoms with van der Waals surface area (Å²) in [5.74, 6) is -0.0447. The van der Waals surface area contributed by atoms with Gasteiger partial charge in [0, 0.05) is 36.3 Å². The Hall–Kier alpha value is -1.92. The molecule has 1 aromatic carbocycles. The van der Waals surface area contributed by atoms with Crippen LogP contribution in [-0.2, 0) is 9.53 Å². The number of carbonyl (C=O) groups excluding carboxylic acids is 2. The fourth-order valence-corrected chi connectivity index (χ4v) is 3.33. The second-order valence-electron chi connectivity index (χ2n) is 6.69. The summed E-state index contributed by atoms with van der Waals surface area (Å²) in [6.45, 7) is 4.29. The lowest BCUT2D eigenvalue weighted by molar-refractivity contribution is -0.119. The number of hydrogen-bond acceptors (Lipinski definition) is 4. The van der Waals surface area contributed by atoms with Gasteiger partial charge in [-0.05, 0) is 43.9 Å². The van der Waals surface area contributed by atoms with Crippen LogP contribution in [0.5, 0.6) is 0 Å². The molecule has 6 heteroatoms. The van der Waals surface area contributed by atoms with Gasteiger partial charge in [0.15, 0.2) is 0 Å². The molecule has 2 unspecified atom stereocenters. The van der Waals surface area contributed by atoms with Crippen LogP contribution in [0.4, 0.5) is 5.69 Å². The summed E-state index contributed by atoms with van der Waals surface area (Å²) in [4.78, 5) is 26.8. The zero-order valence-electron chi connectivity index (χ0n) is 14.1. The van der Waals surface area contributed by atoms with Gasteiger partial charge in [0.25, 0.3) is 5.91 Å². The summed E-state index contributed by atoms with van der Waals surface area (Å²) in [6, 6.07) is 5.59. The molecule has 0 radical (unpaired) electrons. The zero-order chi connectivity index (χ0) is 17.1. The van der Waals surface area contributed by atoms with Crippen molar-refractivity contribution in [3.05, 3.63) is 29.3 Å². The van der Waals surface area contributed by atoms with Crippen LogP contribution in [0, 0.1) is 12.8 Å². The van der Waals surface area contributed by atoms with Gasteiger partial charge < -0.3 is 20.7 Å². The van der Waals surface area contributed by atoms with Crippen molar-refractivity contribution in [1.29, 1.82) is 0 Å².